The second-order valence-electron chi connectivity index (χ2n) is 6.38. The van der Waals surface area contributed by atoms with Crippen LogP contribution in [0, 0.1) is 5.41 Å². The zero-order valence-corrected chi connectivity index (χ0v) is 16.8. The molecule has 0 saturated heterocycles. The lowest BCUT2D eigenvalue weighted by atomic mass is 9.56. The summed E-state index contributed by atoms with van der Waals surface area (Å²) >= 11 is 0. The van der Waals surface area contributed by atoms with Crippen molar-refractivity contribution in [2.24, 2.45) is 10.4 Å². The van der Waals surface area contributed by atoms with Crippen LogP contribution in [-0.4, -0.2) is 51.0 Å². The minimum atomic E-state index is -0.0693. The maximum absolute atomic E-state index is 5.66. The van der Waals surface area contributed by atoms with E-state index in [1.54, 1.807) is 14.2 Å². The maximum Gasteiger partial charge on any atom is 0.191 e. The van der Waals surface area contributed by atoms with Crippen LogP contribution in [0.4, 0.5) is 0 Å². The van der Waals surface area contributed by atoms with Crippen LogP contribution >= 0.6 is 24.0 Å². The zero-order valence-electron chi connectivity index (χ0n) is 14.4. The van der Waals surface area contributed by atoms with Gasteiger partial charge in [0.15, 0.2) is 5.96 Å². The van der Waals surface area contributed by atoms with E-state index < -0.39 is 0 Å². The molecule has 6 heteroatoms. The Hall–Kier alpha value is -0.0800. The SMILES string of the molecule is CCN=C(NC(C)COC)NC1CC(C)(OC)C1(C)C.I. The highest BCUT2D eigenvalue weighted by molar-refractivity contribution is 14.0. The first-order valence-electron chi connectivity index (χ1n) is 7.42. The molecular weight excluding hydrogens is 381 g/mol. The van der Waals surface area contributed by atoms with Crippen LogP contribution in [0.15, 0.2) is 4.99 Å². The van der Waals surface area contributed by atoms with E-state index >= 15 is 0 Å². The molecule has 3 unspecified atom stereocenters. The molecule has 5 nitrogen and oxygen atoms in total. The molecule has 3 atom stereocenters. The summed E-state index contributed by atoms with van der Waals surface area (Å²) in [6.45, 7) is 12.2. The fraction of sp³-hybridized carbons (Fsp3) is 0.933. The van der Waals surface area contributed by atoms with Crippen LogP contribution in [-0.2, 0) is 9.47 Å². The number of aliphatic imine (C=N–C) groups is 1. The fourth-order valence-corrected chi connectivity index (χ4v) is 2.70. The summed E-state index contributed by atoms with van der Waals surface area (Å²) in [5, 5.41) is 6.90. The Morgan fingerprint density at radius 1 is 1.33 bits per heavy atom. The third kappa shape index (κ3) is 4.69. The number of hydrogen-bond acceptors (Lipinski definition) is 3. The highest BCUT2D eigenvalue weighted by Gasteiger charge is 2.58. The Labute approximate surface area is 146 Å². The molecule has 1 fully saturated rings. The van der Waals surface area contributed by atoms with Crippen molar-refractivity contribution in [3.8, 4) is 0 Å². The van der Waals surface area contributed by atoms with Crippen molar-refractivity contribution in [2.75, 3.05) is 27.4 Å². The third-order valence-electron chi connectivity index (χ3n) is 4.71. The smallest absolute Gasteiger partial charge is 0.191 e. The average Bonchev–Trinajstić information content (AvgIpc) is 2.38. The molecular formula is C15H32IN3O2. The molecule has 0 bridgehead atoms. The molecule has 1 saturated carbocycles. The predicted molar refractivity (Wildman–Crippen MR) is 98.6 cm³/mol. The first-order valence-corrected chi connectivity index (χ1v) is 7.42. The number of hydrogen-bond donors (Lipinski definition) is 2. The Morgan fingerprint density at radius 2 is 1.95 bits per heavy atom. The summed E-state index contributed by atoms with van der Waals surface area (Å²) in [4.78, 5) is 4.51. The fourth-order valence-electron chi connectivity index (χ4n) is 2.70. The molecule has 0 aromatic carbocycles. The molecule has 126 valence electrons. The number of methoxy groups -OCH3 is 2. The molecule has 0 amide bonds. The van der Waals surface area contributed by atoms with Crippen LogP contribution in [0.2, 0.25) is 0 Å². The minimum Gasteiger partial charge on any atom is -0.383 e. The van der Waals surface area contributed by atoms with Gasteiger partial charge in [-0.2, -0.15) is 0 Å². The number of nitrogens with one attached hydrogen (secondary N) is 2. The van der Waals surface area contributed by atoms with E-state index in [2.05, 4.69) is 43.3 Å². The highest BCUT2D eigenvalue weighted by Crippen LogP contribution is 2.51. The number of halogens is 1. The standard InChI is InChI=1S/C15H31N3O2.HI/c1-8-16-13(17-11(2)10-19-6)18-12-9-15(5,20-7)14(12,3)4;/h11-12H,8-10H2,1-7H3,(H2,16,17,18);1H. The lowest BCUT2D eigenvalue weighted by Gasteiger charge is -2.59. The monoisotopic (exact) mass is 413 g/mol. The van der Waals surface area contributed by atoms with Crippen LogP contribution in [0.1, 0.15) is 41.0 Å². The van der Waals surface area contributed by atoms with Gasteiger partial charge in [-0.3, -0.25) is 4.99 Å². The van der Waals surface area contributed by atoms with Gasteiger partial charge in [-0.1, -0.05) is 13.8 Å². The van der Waals surface area contributed by atoms with Gasteiger partial charge in [0.25, 0.3) is 0 Å². The van der Waals surface area contributed by atoms with Crippen molar-refractivity contribution < 1.29 is 9.47 Å². The van der Waals surface area contributed by atoms with Crippen molar-refractivity contribution in [3.63, 3.8) is 0 Å². The topological polar surface area (TPSA) is 54.9 Å². The number of ether oxygens (including phenoxy) is 2. The molecule has 0 heterocycles. The van der Waals surface area contributed by atoms with Gasteiger partial charge in [0.2, 0.25) is 0 Å². The van der Waals surface area contributed by atoms with E-state index in [-0.39, 0.29) is 41.0 Å². The summed E-state index contributed by atoms with van der Waals surface area (Å²) in [5.41, 5.74) is 0.00255. The highest BCUT2D eigenvalue weighted by atomic mass is 127. The molecule has 21 heavy (non-hydrogen) atoms. The number of rotatable bonds is 6. The number of nitrogens with zero attached hydrogens (tertiary/aromatic N) is 1. The molecule has 1 aliphatic rings. The normalized spacial score (nSPS) is 29.1. The summed E-state index contributed by atoms with van der Waals surface area (Å²) in [7, 11) is 3.50. The molecule has 0 radical (unpaired) electrons. The van der Waals surface area contributed by atoms with Gasteiger partial charge < -0.3 is 20.1 Å². The molecule has 0 aromatic heterocycles. The summed E-state index contributed by atoms with van der Waals surface area (Å²) in [6.07, 6.45) is 0.986. The summed E-state index contributed by atoms with van der Waals surface area (Å²) in [5.74, 6) is 0.855. The predicted octanol–water partition coefficient (Wildman–Crippen LogP) is 2.40. The zero-order chi connectivity index (χ0) is 15.4. The Bertz CT molecular complexity index is 350. The molecule has 0 aliphatic heterocycles. The molecule has 0 aromatic rings. The first-order chi connectivity index (χ1) is 9.30. The lowest BCUT2D eigenvalue weighted by molar-refractivity contribution is -0.176. The first kappa shape index (κ1) is 20.9. The van der Waals surface area contributed by atoms with Gasteiger partial charge in [-0.25, -0.2) is 0 Å². The van der Waals surface area contributed by atoms with Gasteiger partial charge in [0.05, 0.1) is 12.2 Å². The lowest BCUT2D eigenvalue weighted by Crippen LogP contribution is -2.69. The van der Waals surface area contributed by atoms with Crippen molar-refractivity contribution in [1.29, 1.82) is 0 Å². The third-order valence-corrected chi connectivity index (χ3v) is 4.71. The maximum atomic E-state index is 5.66. The van der Waals surface area contributed by atoms with Crippen LogP contribution in [0.5, 0.6) is 0 Å². The Balaban J connectivity index is 0.00000400. The molecule has 1 rings (SSSR count). The number of guanidine groups is 1. The van der Waals surface area contributed by atoms with Gasteiger partial charge in [-0.15, -0.1) is 24.0 Å². The van der Waals surface area contributed by atoms with E-state index in [4.69, 9.17) is 9.47 Å². The van der Waals surface area contributed by atoms with E-state index in [1.165, 1.54) is 0 Å². The second-order valence-corrected chi connectivity index (χ2v) is 6.38. The van der Waals surface area contributed by atoms with Crippen LogP contribution in [0.25, 0.3) is 0 Å². The van der Waals surface area contributed by atoms with E-state index in [1.807, 2.05) is 6.92 Å². The second kappa shape index (κ2) is 8.53. The van der Waals surface area contributed by atoms with Gasteiger partial charge in [0, 0.05) is 38.3 Å². The van der Waals surface area contributed by atoms with Crippen molar-refractivity contribution in [1.82, 2.24) is 10.6 Å². The Morgan fingerprint density at radius 3 is 2.38 bits per heavy atom. The van der Waals surface area contributed by atoms with Gasteiger partial charge >= 0.3 is 0 Å². The van der Waals surface area contributed by atoms with Crippen molar-refractivity contribution in [2.45, 2.75) is 58.7 Å². The minimum absolute atomic E-state index is 0. The van der Waals surface area contributed by atoms with E-state index in [0.717, 1.165) is 18.9 Å². The molecule has 0 spiro atoms. The van der Waals surface area contributed by atoms with Crippen LogP contribution < -0.4 is 10.6 Å². The largest absolute Gasteiger partial charge is 0.383 e. The van der Waals surface area contributed by atoms with Gasteiger partial charge in [0.1, 0.15) is 0 Å². The van der Waals surface area contributed by atoms with E-state index in [9.17, 15) is 0 Å². The Kier molecular flexibility index (Phi) is 8.49. The quantitative estimate of drug-likeness (QED) is 0.399. The average molecular weight is 413 g/mol. The van der Waals surface area contributed by atoms with E-state index in [0.29, 0.717) is 12.6 Å². The van der Waals surface area contributed by atoms with Gasteiger partial charge in [-0.05, 0) is 27.2 Å². The summed E-state index contributed by atoms with van der Waals surface area (Å²) in [6, 6.07) is 0.592. The van der Waals surface area contributed by atoms with Crippen molar-refractivity contribution >= 4 is 29.9 Å². The molecule has 2 N–H and O–H groups in total. The van der Waals surface area contributed by atoms with Crippen molar-refractivity contribution in [3.05, 3.63) is 0 Å². The van der Waals surface area contributed by atoms with Crippen LogP contribution in [0.3, 0.4) is 0 Å². The molecule has 1 aliphatic carbocycles. The summed E-state index contributed by atoms with van der Waals surface area (Å²) < 4.78 is 10.8.